The Bertz CT molecular complexity index is 759. The average Bonchev–Trinajstić information content (AvgIpc) is 2.64. The molecule has 0 bridgehead atoms. The molecule has 0 spiro atoms. The SMILES string of the molecule is COc1ccc(CN2CCC(Nc3ccc([N+](=O)[O-])cc3)CC2)cc1F. The Morgan fingerprint density at radius 1 is 1.23 bits per heavy atom. The summed E-state index contributed by atoms with van der Waals surface area (Å²) in [5.74, 6) is -0.0699. The zero-order valence-electron chi connectivity index (χ0n) is 14.7. The molecule has 1 aliphatic rings. The standard InChI is InChI=1S/C19H22FN3O3/c1-26-19-7-2-14(12-18(19)20)13-22-10-8-16(9-11-22)21-15-3-5-17(6-4-15)23(24)25/h2-7,12,16,21H,8-11,13H2,1H3. The zero-order chi connectivity index (χ0) is 18.5. The van der Waals surface area contributed by atoms with Crippen molar-refractivity contribution in [2.24, 2.45) is 0 Å². The maximum absolute atomic E-state index is 13.8. The van der Waals surface area contributed by atoms with Crippen LogP contribution in [0.5, 0.6) is 5.75 Å². The number of nitrogens with one attached hydrogen (secondary N) is 1. The van der Waals surface area contributed by atoms with Gasteiger partial charge in [0.15, 0.2) is 11.6 Å². The molecule has 0 aliphatic carbocycles. The van der Waals surface area contributed by atoms with E-state index >= 15 is 0 Å². The van der Waals surface area contributed by atoms with E-state index in [0.29, 0.717) is 12.6 Å². The fourth-order valence-electron chi connectivity index (χ4n) is 3.22. The third-order valence-electron chi connectivity index (χ3n) is 4.66. The Balaban J connectivity index is 1.49. The van der Waals surface area contributed by atoms with Crippen molar-refractivity contribution in [3.63, 3.8) is 0 Å². The molecule has 2 aromatic carbocycles. The first-order valence-corrected chi connectivity index (χ1v) is 8.61. The lowest BCUT2D eigenvalue weighted by atomic mass is 10.0. The van der Waals surface area contributed by atoms with Crippen molar-refractivity contribution >= 4 is 11.4 Å². The van der Waals surface area contributed by atoms with Crippen molar-refractivity contribution in [1.29, 1.82) is 0 Å². The number of nitrogens with zero attached hydrogens (tertiary/aromatic N) is 2. The van der Waals surface area contributed by atoms with E-state index in [2.05, 4.69) is 10.2 Å². The van der Waals surface area contributed by atoms with Crippen LogP contribution in [0.2, 0.25) is 0 Å². The predicted octanol–water partition coefficient (Wildman–Crippen LogP) is 3.82. The molecule has 0 amide bonds. The van der Waals surface area contributed by atoms with E-state index in [1.54, 1.807) is 18.2 Å². The fraction of sp³-hybridized carbons (Fsp3) is 0.368. The quantitative estimate of drug-likeness (QED) is 0.627. The van der Waals surface area contributed by atoms with E-state index in [0.717, 1.165) is 37.2 Å². The van der Waals surface area contributed by atoms with E-state index in [4.69, 9.17) is 4.74 Å². The molecule has 26 heavy (non-hydrogen) atoms. The molecule has 1 saturated heterocycles. The second kappa shape index (κ2) is 8.14. The largest absolute Gasteiger partial charge is 0.494 e. The molecule has 1 N–H and O–H groups in total. The fourth-order valence-corrected chi connectivity index (χ4v) is 3.22. The normalized spacial score (nSPS) is 15.6. The van der Waals surface area contributed by atoms with Gasteiger partial charge in [-0.2, -0.15) is 0 Å². The van der Waals surface area contributed by atoms with Gasteiger partial charge >= 0.3 is 0 Å². The molecular formula is C19H22FN3O3. The Kier molecular flexibility index (Phi) is 5.68. The van der Waals surface area contributed by atoms with Gasteiger partial charge in [0.1, 0.15) is 0 Å². The molecule has 0 atom stereocenters. The number of likely N-dealkylation sites (tertiary alicyclic amines) is 1. The molecule has 0 aromatic heterocycles. The third kappa shape index (κ3) is 4.49. The lowest BCUT2D eigenvalue weighted by Gasteiger charge is -2.33. The number of rotatable bonds is 6. The summed E-state index contributed by atoms with van der Waals surface area (Å²) in [5, 5.41) is 14.1. The Morgan fingerprint density at radius 2 is 1.92 bits per heavy atom. The average molecular weight is 359 g/mol. The maximum Gasteiger partial charge on any atom is 0.269 e. The zero-order valence-corrected chi connectivity index (χ0v) is 14.7. The summed E-state index contributed by atoms with van der Waals surface area (Å²) in [6.45, 7) is 2.54. The van der Waals surface area contributed by atoms with Crippen molar-refractivity contribution in [2.75, 3.05) is 25.5 Å². The van der Waals surface area contributed by atoms with Crippen molar-refractivity contribution in [2.45, 2.75) is 25.4 Å². The van der Waals surface area contributed by atoms with E-state index in [1.807, 2.05) is 6.07 Å². The number of anilines is 1. The van der Waals surface area contributed by atoms with Gasteiger partial charge < -0.3 is 10.1 Å². The van der Waals surface area contributed by atoms with Gasteiger partial charge in [-0.3, -0.25) is 15.0 Å². The molecule has 7 heteroatoms. The van der Waals surface area contributed by atoms with Crippen LogP contribution >= 0.6 is 0 Å². The minimum Gasteiger partial charge on any atom is -0.494 e. The Labute approximate surface area is 151 Å². The molecular weight excluding hydrogens is 337 g/mol. The van der Waals surface area contributed by atoms with Crippen LogP contribution in [0.3, 0.4) is 0 Å². The molecule has 0 radical (unpaired) electrons. The number of ether oxygens (including phenoxy) is 1. The predicted molar refractivity (Wildman–Crippen MR) is 98.0 cm³/mol. The van der Waals surface area contributed by atoms with E-state index in [1.165, 1.54) is 25.3 Å². The Morgan fingerprint density at radius 3 is 2.50 bits per heavy atom. The van der Waals surface area contributed by atoms with Crippen LogP contribution in [0.4, 0.5) is 15.8 Å². The number of hydrogen-bond acceptors (Lipinski definition) is 5. The number of piperidine rings is 1. The summed E-state index contributed by atoms with van der Waals surface area (Å²) in [7, 11) is 1.46. The first kappa shape index (κ1) is 18.1. The first-order chi connectivity index (χ1) is 12.5. The maximum atomic E-state index is 13.8. The van der Waals surface area contributed by atoms with Crippen molar-refractivity contribution < 1.29 is 14.1 Å². The van der Waals surface area contributed by atoms with Crippen molar-refractivity contribution in [1.82, 2.24) is 4.90 Å². The molecule has 0 saturated carbocycles. The second-order valence-corrected chi connectivity index (χ2v) is 6.47. The minimum atomic E-state index is -0.399. The highest BCUT2D eigenvalue weighted by Crippen LogP contribution is 2.22. The smallest absolute Gasteiger partial charge is 0.269 e. The van der Waals surface area contributed by atoms with Crippen LogP contribution in [0, 0.1) is 15.9 Å². The van der Waals surface area contributed by atoms with Crippen LogP contribution in [0.25, 0.3) is 0 Å². The van der Waals surface area contributed by atoms with E-state index in [-0.39, 0.29) is 17.3 Å². The van der Waals surface area contributed by atoms with Crippen LogP contribution in [-0.2, 0) is 6.54 Å². The van der Waals surface area contributed by atoms with E-state index in [9.17, 15) is 14.5 Å². The molecule has 1 aliphatic heterocycles. The number of halogens is 1. The van der Waals surface area contributed by atoms with Gasteiger partial charge in [0.25, 0.3) is 5.69 Å². The number of nitro groups is 1. The van der Waals surface area contributed by atoms with Crippen molar-refractivity contribution in [3.8, 4) is 5.75 Å². The van der Waals surface area contributed by atoms with Gasteiger partial charge in [0.05, 0.1) is 12.0 Å². The highest BCUT2D eigenvalue weighted by atomic mass is 19.1. The summed E-state index contributed by atoms with van der Waals surface area (Å²) in [6.07, 6.45) is 1.94. The highest BCUT2D eigenvalue weighted by Gasteiger charge is 2.19. The van der Waals surface area contributed by atoms with E-state index < -0.39 is 4.92 Å². The summed E-state index contributed by atoms with van der Waals surface area (Å²) in [6, 6.07) is 11.9. The highest BCUT2D eigenvalue weighted by molar-refractivity contribution is 5.49. The van der Waals surface area contributed by atoms with Gasteiger partial charge in [-0.05, 0) is 42.7 Å². The molecule has 3 rings (SSSR count). The van der Waals surface area contributed by atoms with Crippen LogP contribution in [0.1, 0.15) is 18.4 Å². The number of methoxy groups -OCH3 is 1. The minimum absolute atomic E-state index is 0.0945. The molecule has 6 nitrogen and oxygen atoms in total. The molecule has 2 aromatic rings. The van der Waals surface area contributed by atoms with Gasteiger partial charge in [-0.15, -0.1) is 0 Å². The van der Waals surface area contributed by atoms with Crippen LogP contribution < -0.4 is 10.1 Å². The summed E-state index contributed by atoms with van der Waals surface area (Å²) in [5.41, 5.74) is 1.92. The van der Waals surface area contributed by atoms with Gasteiger partial charge in [-0.25, -0.2) is 4.39 Å². The second-order valence-electron chi connectivity index (χ2n) is 6.47. The molecule has 1 heterocycles. The number of nitro benzene ring substituents is 1. The monoisotopic (exact) mass is 359 g/mol. The lowest BCUT2D eigenvalue weighted by Crippen LogP contribution is -2.38. The number of non-ortho nitro benzene ring substituents is 1. The number of benzene rings is 2. The number of hydrogen-bond donors (Lipinski definition) is 1. The summed E-state index contributed by atoms with van der Waals surface area (Å²) < 4.78 is 18.7. The van der Waals surface area contributed by atoms with Gasteiger partial charge in [-0.1, -0.05) is 6.07 Å². The van der Waals surface area contributed by atoms with Gasteiger partial charge in [0, 0.05) is 43.5 Å². The summed E-state index contributed by atoms with van der Waals surface area (Å²) >= 11 is 0. The van der Waals surface area contributed by atoms with Crippen molar-refractivity contribution in [3.05, 3.63) is 64.0 Å². The van der Waals surface area contributed by atoms with Gasteiger partial charge in [0.2, 0.25) is 0 Å². The van der Waals surface area contributed by atoms with Crippen LogP contribution in [0.15, 0.2) is 42.5 Å². The molecule has 1 fully saturated rings. The summed E-state index contributed by atoms with van der Waals surface area (Å²) in [4.78, 5) is 12.6. The molecule has 138 valence electrons. The Hall–Kier alpha value is -2.67. The third-order valence-corrected chi connectivity index (χ3v) is 4.66. The lowest BCUT2D eigenvalue weighted by molar-refractivity contribution is -0.384. The van der Waals surface area contributed by atoms with Crippen LogP contribution in [-0.4, -0.2) is 36.1 Å². The molecule has 0 unspecified atom stereocenters. The first-order valence-electron chi connectivity index (χ1n) is 8.61. The topological polar surface area (TPSA) is 67.6 Å².